The van der Waals surface area contributed by atoms with E-state index in [-0.39, 0.29) is 41.7 Å². The maximum absolute atomic E-state index is 13.2. The Morgan fingerprint density at radius 2 is 2.03 bits per heavy atom. The lowest BCUT2D eigenvalue weighted by atomic mass is 9.96. The molecule has 2 aromatic rings. The van der Waals surface area contributed by atoms with Crippen LogP contribution in [0.2, 0.25) is 0 Å². The molecule has 35 heavy (non-hydrogen) atoms. The van der Waals surface area contributed by atoms with E-state index in [2.05, 4.69) is 32.8 Å². The summed E-state index contributed by atoms with van der Waals surface area (Å²) < 4.78 is 1.44. The number of imide groups is 2. The van der Waals surface area contributed by atoms with Gasteiger partial charge in [-0.15, -0.1) is 5.10 Å². The average molecular weight is 479 g/mol. The molecule has 0 aliphatic carbocycles. The first-order chi connectivity index (χ1) is 16.7. The standard InChI is InChI=1S/C23H25N7O5/c1-23(9-4-10-28(23)2)16-11-29(27-26-16)12-18(32)24-14-6-3-5-13-19(14)22(35)30(21(13)34)15-7-8-17(31)25-20(15)33/h3,5-6,11,15H,4,7-10,12H2,1-2H3,(H,24,32)(H,25,31,33)/t15?,23-/m0/s1. The minimum atomic E-state index is -1.08. The Kier molecular flexibility index (Phi) is 5.47. The lowest BCUT2D eigenvalue weighted by Crippen LogP contribution is -2.54. The van der Waals surface area contributed by atoms with Gasteiger partial charge in [0.05, 0.1) is 28.6 Å². The van der Waals surface area contributed by atoms with Gasteiger partial charge in [0.1, 0.15) is 18.3 Å². The van der Waals surface area contributed by atoms with Crippen molar-refractivity contribution in [1.82, 2.24) is 30.1 Å². The van der Waals surface area contributed by atoms with Crippen LogP contribution in [0.15, 0.2) is 24.4 Å². The second-order valence-corrected chi connectivity index (χ2v) is 9.32. The number of aromatic nitrogens is 3. The van der Waals surface area contributed by atoms with Gasteiger partial charge >= 0.3 is 0 Å². The molecule has 0 bridgehead atoms. The lowest BCUT2D eigenvalue weighted by Gasteiger charge is -2.29. The third kappa shape index (κ3) is 3.79. The van der Waals surface area contributed by atoms with E-state index in [4.69, 9.17) is 0 Å². The van der Waals surface area contributed by atoms with Gasteiger partial charge in [0.2, 0.25) is 17.7 Å². The molecular formula is C23H25N7O5. The van der Waals surface area contributed by atoms with E-state index >= 15 is 0 Å². The highest BCUT2D eigenvalue weighted by Gasteiger charge is 2.45. The van der Waals surface area contributed by atoms with Crippen LogP contribution in [0.5, 0.6) is 0 Å². The molecule has 2 fully saturated rings. The van der Waals surface area contributed by atoms with E-state index < -0.39 is 35.6 Å². The van der Waals surface area contributed by atoms with Crippen LogP contribution in [0.1, 0.15) is 59.0 Å². The summed E-state index contributed by atoms with van der Waals surface area (Å²) in [5.41, 5.74) is 0.837. The van der Waals surface area contributed by atoms with Crippen molar-refractivity contribution in [2.24, 2.45) is 0 Å². The maximum atomic E-state index is 13.2. The number of rotatable bonds is 5. The Morgan fingerprint density at radius 1 is 1.23 bits per heavy atom. The molecule has 1 aromatic carbocycles. The highest BCUT2D eigenvalue weighted by atomic mass is 16.2. The first kappa shape index (κ1) is 22.8. The molecule has 3 aliphatic heterocycles. The molecule has 0 saturated carbocycles. The number of piperidine rings is 1. The number of nitrogens with zero attached hydrogens (tertiary/aromatic N) is 5. The summed E-state index contributed by atoms with van der Waals surface area (Å²) in [5.74, 6) is -2.90. The molecule has 0 spiro atoms. The number of carbonyl (C=O) groups is 5. The van der Waals surface area contributed by atoms with Gasteiger partial charge in [0, 0.05) is 6.42 Å². The molecule has 2 saturated heterocycles. The van der Waals surface area contributed by atoms with Crippen molar-refractivity contribution in [3.63, 3.8) is 0 Å². The zero-order chi connectivity index (χ0) is 24.9. The van der Waals surface area contributed by atoms with Crippen molar-refractivity contribution in [2.75, 3.05) is 18.9 Å². The summed E-state index contributed by atoms with van der Waals surface area (Å²) >= 11 is 0. The fraction of sp³-hybridized carbons (Fsp3) is 0.435. The van der Waals surface area contributed by atoms with E-state index in [0.29, 0.717) is 0 Å². The molecule has 0 radical (unpaired) electrons. The second-order valence-electron chi connectivity index (χ2n) is 9.32. The lowest BCUT2D eigenvalue weighted by molar-refractivity contribution is -0.136. The van der Waals surface area contributed by atoms with Crippen LogP contribution in [-0.4, -0.2) is 74.0 Å². The maximum Gasteiger partial charge on any atom is 0.264 e. The summed E-state index contributed by atoms with van der Waals surface area (Å²) in [6, 6.07) is 3.47. The van der Waals surface area contributed by atoms with Gasteiger partial charge in [-0.3, -0.25) is 39.1 Å². The third-order valence-electron chi connectivity index (χ3n) is 7.14. The molecule has 182 valence electrons. The number of likely N-dealkylation sites (tertiary alicyclic amines) is 1. The van der Waals surface area contributed by atoms with Crippen LogP contribution < -0.4 is 10.6 Å². The highest BCUT2D eigenvalue weighted by Crippen LogP contribution is 2.36. The van der Waals surface area contributed by atoms with Crippen molar-refractivity contribution in [1.29, 1.82) is 0 Å². The third-order valence-corrected chi connectivity index (χ3v) is 7.14. The molecule has 5 amide bonds. The number of fused-ring (bicyclic) bond motifs is 1. The summed E-state index contributed by atoms with van der Waals surface area (Å²) in [4.78, 5) is 65.7. The number of carbonyl (C=O) groups excluding carboxylic acids is 5. The molecule has 12 heteroatoms. The number of anilines is 1. The molecule has 4 heterocycles. The van der Waals surface area contributed by atoms with E-state index in [1.807, 2.05) is 7.05 Å². The number of hydrogen-bond acceptors (Lipinski definition) is 8. The molecular weight excluding hydrogens is 454 g/mol. The van der Waals surface area contributed by atoms with Crippen molar-refractivity contribution >= 4 is 35.2 Å². The molecule has 3 aliphatic rings. The van der Waals surface area contributed by atoms with Gasteiger partial charge in [0.15, 0.2) is 0 Å². The van der Waals surface area contributed by atoms with Gasteiger partial charge < -0.3 is 5.32 Å². The summed E-state index contributed by atoms with van der Waals surface area (Å²) in [6.45, 7) is 2.93. The quantitative estimate of drug-likeness (QED) is 0.581. The van der Waals surface area contributed by atoms with Crippen LogP contribution in [0.3, 0.4) is 0 Å². The average Bonchev–Trinajstić information content (AvgIpc) is 3.48. The Labute approximate surface area is 200 Å². The molecule has 2 atom stereocenters. The topological polar surface area (TPSA) is 147 Å². The first-order valence-electron chi connectivity index (χ1n) is 11.5. The molecule has 1 aromatic heterocycles. The van der Waals surface area contributed by atoms with Gasteiger partial charge in [-0.1, -0.05) is 11.3 Å². The van der Waals surface area contributed by atoms with Crippen LogP contribution in [0.25, 0.3) is 0 Å². The minimum Gasteiger partial charge on any atom is -0.324 e. The molecule has 2 N–H and O–H groups in total. The second kappa shape index (κ2) is 8.38. The zero-order valence-electron chi connectivity index (χ0n) is 19.4. The monoisotopic (exact) mass is 479 g/mol. The predicted molar refractivity (Wildman–Crippen MR) is 121 cm³/mol. The minimum absolute atomic E-state index is 0.0231. The molecule has 1 unspecified atom stereocenters. The van der Waals surface area contributed by atoms with E-state index in [0.717, 1.165) is 30.0 Å². The highest BCUT2D eigenvalue weighted by molar-refractivity contribution is 6.26. The molecule has 5 rings (SSSR count). The van der Waals surface area contributed by atoms with Crippen LogP contribution in [-0.2, 0) is 26.5 Å². The normalized spacial score (nSPS) is 24.6. The zero-order valence-corrected chi connectivity index (χ0v) is 19.4. The van der Waals surface area contributed by atoms with E-state index in [1.54, 1.807) is 12.3 Å². The smallest absolute Gasteiger partial charge is 0.264 e. The van der Waals surface area contributed by atoms with Crippen molar-refractivity contribution in [3.05, 3.63) is 41.2 Å². The van der Waals surface area contributed by atoms with E-state index in [1.165, 1.54) is 16.8 Å². The summed E-state index contributed by atoms with van der Waals surface area (Å²) in [7, 11) is 2.03. The Bertz CT molecular complexity index is 1270. The van der Waals surface area contributed by atoms with Gasteiger partial charge in [-0.25, -0.2) is 4.68 Å². The van der Waals surface area contributed by atoms with Crippen LogP contribution in [0, 0.1) is 0 Å². The Balaban J connectivity index is 1.33. The molecule has 12 nitrogen and oxygen atoms in total. The number of nitrogens with one attached hydrogen (secondary N) is 2. The Hall–Kier alpha value is -3.93. The van der Waals surface area contributed by atoms with Gasteiger partial charge in [-0.05, 0) is 51.9 Å². The van der Waals surface area contributed by atoms with E-state index in [9.17, 15) is 24.0 Å². The number of hydrogen-bond donors (Lipinski definition) is 2. The van der Waals surface area contributed by atoms with Crippen molar-refractivity contribution < 1.29 is 24.0 Å². The van der Waals surface area contributed by atoms with Gasteiger partial charge in [-0.2, -0.15) is 0 Å². The van der Waals surface area contributed by atoms with Crippen molar-refractivity contribution in [2.45, 2.75) is 50.7 Å². The number of amides is 5. The SMILES string of the molecule is CN1CCC[C@@]1(C)c1cn(CC(=O)Nc2cccc3c2C(=O)N(C2CCC(=O)NC2=O)C3=O)nn1. The fourth-order valence-electron chi connectivity index (χ4n) is 5.00. The van der Waals surface area contributed by atoms with Crippen LogP contribution in [0.4, 0.5) is 5.69 Å². The Morgan fingerprint density at radius 3 is 2.74 bits per heavy atom. The van der Waals surface area contributed by atoms with Gasteiger partial charge in [0.25, 0.3) is 11.8 Å². The van der Waals surface area contributed by atoms with Crippen LogP contribution >= 0.6 is 0 Å². The number of benzene rings is 1. The summed E-state index contributed by atoms with van der Waals surface area (Å²) in [5, 5.41) is 13.2. The predicted octanol–water partition coefficient (Wildman–Crippen LogP) is 0.259. The summed E-state index contributed by atoms with van der Waals surface area (Å²) in [6.07, 6.45) is 3.84. The fourth-order valence-corrected chi connectivity index (χ4v) is 5.00. The first-order valence-corrected chi connectivity index (χ1v) is 11.5. The van der Waals surface area contributed by atoms with Crippen molar-refractivity contribution in [3.8, 4) is 0 Å². The largest absolute Gasteiger partial charge is 0.324 e.